The van der Waals surface area contributed by atoms with Gasteiger partial charge in [-0.25, -0.2) is 0 Å². The molecule has 0 saturated carbocycles. The molecule has 1 rings (SSSR count). The number of anilines is 1. The highest BCUT2D eigenvalue weighted by Crippen LogP contribution is 2.34. The summed E-state index contributed by atoms with van der Waals surface area (Å²) in [5, 5.41) is 22.8. The van der Waals surface area contributed by atoms with Crippen molar-refractivity contribution in [3.63, 3.8) is 0 Å². The van der Waals surface area contributed by atoms with Crippen LogP contribution in [0.3, 0.4) is 0 Å². The fraction of sp³-hybridized carbons (Fsp3) is 0.500. The Morgan fingerprint density at radius 2 is 2.10 bits per heavy atom. The molecule has 0 fully saturated rings. The maximum absolute atomic E-state index is 12.5. The van der Waals surface area contributed by atoms with E-state index in [1.165, 1.54) is 0 Å². The third-order valence-electron chi connectivity index (χ3n) is 2.79. The lowest BCUT2D eigenvalue weighted by atomic mass is 10.1. The van der Waals surface area contributed by atoms with Crippen LogP contribution in [0.4, 0.5) is 24.5 Å². The first kappa shape index (κ1) is 16.2. The van der Waals surface area contributed by atoms with Crippen LogP contribution in [0.25, 0.3) is 0 Å². The van der Waals surface area contributed by atoms with Crippen molar-refractivity contribution < 1.29 is 23.2 Å². The molecule has 1 aromatic rings. The molecule has 0 aliphatic carbocycles. The molecule has 0 radical (unpaired) electrons. The van der Waals surface area contributed by atoms with Gasteiger partial charge in [0.25, 0.3) is 5.69 Å². The Kier molecular flexibility index (Phi) is 5.32. The Bertz CT molecular complexity index is 478. The summed E-state index contributed by atoms with van der Waals surface area (Å²) in [5.41, 5.74) is -1.69. The molecule has 1 aromatic carbocycles. The van der Waals surface area contributed by atoms with Gasteiger partial charge in [0, 0.05) is 12.6 Å². The van der Waals surface area contributed by atoms with E-state index in [1.807, 2.05) is 0 Å². The van der Waals surface area contributed by atoms with Gasteiger partial charge in [-0.2, -0.15) is 13.2 Å². The van der Waals surface area contributed by atoms with Crippen LogP contribution in [0.2, 0.25) is 0 Å². The van der Waals surface area contributed by atoms with Crippen molar-refractivity contribution in [1.29, 1.82) is 0 Å². The molecule has 1 atom stereocenters. The number of hydrogen-bond donors (Lipinski definition) is 2. The first-order valence-electron chi connectivity index (χ1n) is 6.03. The first-order chi connectivity index (χ1) is 9.25. The quantitative estimate of drug-likeness (QED) is 0.623. The third kappa shape index (κ3) is 4.37. The van der Waals surface area contributed by atoms with Gasteiger partial charge in [-0.05, 0) is 25.0 Å². The SMILES string of the molecule is CCC(O)CCNc1ccc(C(F)(F)F)cc1[N+](=O)[O-]. The number of alkyl halides is 3. The average molecular weight is 292 g/mol. The molecule has 8 heteroatoms. The first-order valence-corrected chi connectivity index (χ1v) is 6.03. The van der Waals surface area contributed by atoms with Crippen molar-refractivity contribution in [3.05, 3.63) is 33.9 Å². The van der Waals surface area contributed by atoms with E-state index in [0.29, 0.717) is 18.9 Å². The topological polar surface area (TPSA) is 75.4 Å². The minimum Gasteiger partial charge on any atom is -0.393 e. The maximum Gasteiger partial charge on any atom is 0.416 e. The largest absolute Gasteiger partial charge is 0.416 e. The van der Waals surface area contributed by atoms with Crippen molar-refractivity contribution in [2.75, 3.05) is 11.9 Å². The van der Waals surface area contributed by atoms with Crippen molar-refractivity contribution >= 4 is 11.4 Å². The number of hydrogen-bond acceptors (Lipinski definition) is 4. The minimum absolute atomic E-state index is 0.00584. The summed E-state index contributed by atoms with van der Waals surface area (Å²) in [7, 11) is 0. The monoisotopic (exact) mass is 292 g/mol. The molecule has 0 amide bonds. The van der Waals surface area contributed by atoms with E-state index in [9.17, 15) is 28.4 Å². The number of aliphatic hydroxyl groups excluding tert-OH is 1. The lowest BCUT2D eigenvalue weighted by Gasteiger charge is -2.12. The maximum atomic E-state index is 12.5. The number of benzene rings is 1. The highest BCUT2D eigenvalue weighted by atomic mass is 19.4. The standard InChI is InChI=1S/C12H15F3N2O3/c1-2-9(18)5-6-16-10-4-3-8(12(13,14)15)7-11(10)17(19)20/h3-4,7,9,16,18H,2,5-6H2,1H3. The van der Waals surface area contributed by atoms with Crippen LogP contribution in [0.1, 0.15) is 25.3 Å². The van der Waals surface area contributed by atoms with Crippen LogP contribution < -0.4 is 5.32 Å². The molecule has 0 aliphatic rings. The number of nitro benzene ring substituents is 1. The van der Waals surface area contributed by atoms with E-state index in [2.05, 4.69) is 5.32 Å². The van der Waals surface area contributed by atoms with Crippen LogP contribution >= 0.6 is 0 Å². The molecular weight excluding hydrogens is 277 g/mol. The van der Waals surface area contributed by atoms with E-state index in [1.54, 1.807) is 6.92 Å². The van der Waals surface area contributed by atoms with Gasteiger partial charge >= 0.3 is 6.18 Å². The van der Waals surface area contributed by atoms with E-state index < -0.39 is 28.5 Å². The summed E-state index contributed by atoms with van der Waals surface area (Å²) < 4.78 is 37.5. The minimum atomic E-state index is -4.62. The second kappa shape index (κ2) is 6.56. The Hall–Kier alpha value is -1.83. The van der Waals surface area contributed by atoms with Gasteiger partial charge in [0.05, 0.1) is 16.6 Å². The molecule has 20 heavy (non-hydrogen) atoms. The predicted octanol–water partition coefficient (Wildman–Crippen LogP) is 3.19. The molecule has 0 spiro atoms. The van der Waals surface area contributed by atoms with Gasteiger partial charge in [-0.15, -0.1) is 0 Å². The fourth-order valence-corrected chi connectivity index (χ4v) is 1.59. The highest BCUT2D eigenvalue weighted by Gasteiger charge is 2.32. The average Bonchev–Trinajstić information content (AvgIpc) is 2.37. The van der Waals surface area contributed by atoms with Gasteiger partial charge in [0.1, 0.15) is 5.69 Å². The molecule has 5 nitrogen and oxygen atoms in total. The van der Waals surface area contributed by atoms with Crippen LogP contribution in [-0.2, 0) is 6.18 Å². The molecule has 1 unspecified atom stereocenters. The van der Waals surface area contributed by atoms with E-state index in [0.717, 1.165) is 12.1 Å². The summed E-state index contributed by atoms with van der Waals surface area (Å²) in [6, 6.07) is 2.31. The molecule has 112 valence electrons. The Morgan fingerprint density at radius 1 is 1.45 bits per heavy atom. The molecule has 0 aliphatic heterocycles. The third-order valence-corrected chi connectivity index (χ3v) is 2.79. The van der Waals surface area contributed by atoms with Crippen LogP contribution in [0.5, 0.6) is 0 Å². The van der Waals surface area contributed by atoms with Gasteiger partial charge in [-0.1, -0.05) is 6.92 Å². The van der Waals surface area contributed by atoms with E-state index in [4.69, 9.17) is 0 Å². The van der Waals surface area contributed by atoms with Crippen LogP contribution in [0.15, 0.2) is 18.2 Å². The summed E-state index contributed by atoms with van der Waals surface area (Å²) in [5.74, 6) is 0. The van der Waals surface area contributed by atoms with Crippen molar-refractivity contribution in [3.8, 4) is 0 Å². The number of nitrogens with one attached hydrogen (secondary N) is 1. The van der Waals surface area contributed by atoms with Crippen molar-refractivity contribution in [2.24, 2.45) is 0 Å². The molecule has 0 saturated heterocycles. The van der Waals surface area contributed by atoms with E-state index in [-0.39, 0.29) is 12.2 Å². The van der Waals surface area contributed by atoms with Gasteiger partial charge < -0.3 is 10.4 Å². The zero-order valence-corrected chi connectivity index (χ0v) is 10.8. The zero-order valence-electron chi connectivity index (χ0n) is 10.8. The lowest BCUT2D eigenvalue weighted by Crippen LogP contribution is -2.13. The highest BCUT2D eigenvalue weighted by molar-refractivity contribution is 5.62. The number of nitrogens with zero attached hydrogens (tertiary/aromatic N) is 1. The number of nitro groups is 1. The summed E-state index contributed by atoms with van der Waals surface area (Å²) >= 11 is 0. The molecule has 0 bridgehead atoms. The lowest BCUT2D eigenvalue weighted by molar-refractivity contribution is -0.384. The summed E-state index contributed by atoms with van der Waals surface area (Å²) in [6.45, 7) is 2.02. The van der Waals surface area contributed by atoms with Crippen molar-refractivity contribution in [2.45, 2.75) is 32.0 Å². The fourth-order valence-electron chi connectivity index (χ4n) is 1.59. The number of aliphatic hydroxyl groups is 1. The second-order valence-electron chi connectivity index (χ2n) is 4.26. The Balaban J connectivity index is 2.88. The summed E-state index contributed by atoms with van der Waals surface area (Å²) in [6.07, 6.45) is -4.27. The second-order valence-corrected chi connectivity index (χ2v) is 4.26. The Morgan fingerprint density at radius 3 is 2.60 bits per heavy atom. The van der Waals surface area contributed by atoms with Crippen LogP contribution in [0, 0.1) is 10.1 Å². The number of rotatable bonds is 6. The molecule has 0 aromatic heterocycles. The smallest absolute Gasteiger partial charge is 0.393 e. The molecule has 0 heterocycles. The van der Waals surface area contributed by atoms with Gasteiger partial charge in [0.2, 0.25) is 0 Å². The van der Waals surface area contributed by atoms with Crippen LogP contribution in [-0.4, -0.2) is 22.7 Å². The predicted molar refractivity (Wildman–Crippen MR) is 67.5 cm³/mol. The van der Waals surface area contributed by atoms with Gasteiger partial charge in [-0.3, -0.25) is 10.1 Å². The Labute approximate surface area is 113 Å². The summed E-state index contributed by atoms with van der Waals surface area (Å²) in [4.78, 5) is 9.94. The zero-order chi connectivity index (χ0) is 15.3. The van der Waals surface area contributed by atoms with E-state index >= 15 is 0 Å². The number of halogens is 3. The molecular formula is C12H15F3N2O3. The normalized spacial score (nSPS) is 13.1. The van der Waals surface area contributed by atoms with Gasteiger partial charge in [0.15, 0.2) is 0 Å². The molecule has 2 N–H and O–H groups in total. The van der Waals surface area contributed by atoms with Crippen molar-refractivity contribution in [1.82, 2.24) is 0 Å².